The molecule has 0 spiro atoms. The average Bonchev–Trinajstić information content (AvgIpc) is 3.56. The highest BCUT2D eigenvalue weighted by Crippen LogP contribution is 2.40. The minimum Gasteiger partial charge on any atom is -0.325 e. The van der Waals surface area contributed by atoms with Crippen LogP contribution in [-0.2, 0) is 14.8 Å². The number of nitrogens with zero attached hydrogens (tertiary/aromatic N) is 4. The molecule has 0 radical (unpaired) electrons. The molecule has 8 nitrogen and oxygen atoms in total. The van der Waals surface area contributed by atoms with Crippen LogP contribution in [0.4, 0.5) is 5.69 Å². The van der Waals surface area contributed by atoms with Crippen LogP contribution in [0.3, 0.4) is 0 Å². The summed E-state index contributed by atoms with van der Waals surface area (Å²) in [5, 5.41) is 12.2. The van der Waals surface area contributed by atoms with Gasteiger partial charge in [-0.15, -0.1) is 10.2 Å². The Labute approximate surface area is 200 Å². The molecule has 2 fully saturated rings. The van der Waals surface area contributed by atoms with E-state index in [1.54, 1.807) is 31.3 Å². The quantitative estimate of drug-likeness (QED) is 0.522. The van der Waals surface area contributed by atoms with E-state index < -0.39 is 10.0 Å². The lowest BCUT2D eigenvalue weighted by Crippen LogP contribution is -2.38. The third-order valence-electron chi connectivity index (χ3n) is 6.36. The molecule has 1 aromatic carbocycles. The van der Waals surface area contributed by atoms with Gasteiger partial charge in [0.1, 0.15) is 5.82 Å². The number of carbonyl (C=O) groups is 1. The number of benzene rings is 1. The van der Waals surface area contributed by atoms with Crippen molar-refractivity contribution in [3.05, 3.63) is 30.1 Å². The number of sulfonamides is 1. The van der Waals surface area contributed by atoms with Gasteiger partial charge in [0, 0.05) is 30.7 Å². The maximum Gasteiger partial charge on any atom is 0.243 e. The molecule has 0 bridgehead atoms. The van der Waals surface area contributed by atoms with Crippen LogP contribution in [-0.4, -0.2) is 52.2 Å². The molecule has 0 atom stereocenters. The second-order valence-corrected chi connectivity index (χ2v) is 12.2. The topological polar surface area (TPSA) is 97.2 Å². The van der Waals surface area contributed by atoms with E-state index in [1.165, 1.54) is 22.5 Å². The first-order valence-corrected chi connectivity index (χ1v) is 14.2. The van der Waals surface area contributed by atoms with E-state index in [2.05, 4.69) is 33.9 Å². The van der Waals surface area contributed by atoms with Gasteiger partial charge in [-0.25, -0.2) is 8.42 Å². The highest BCUT2D eigenvalue weighted by atomic mass is 32.2. The smallest absolute Gasteiger partial charge is 0.243 e. The van der Waals surface area contributed by atoms with Gasteiger partial charge < -0.3 is 9.88 Å². The Morgan fingerprint density at radius 2 is 1.79 bits per heavy atom. The Morgan fingerprint density at radius 1 is 1.12 bits per heavy atom. The van der Waals surface area contributed by atoms with Crippen LogP contribution in [0.15, 0.2) is 34.3 Å². The molecule has 1 aromatic heterocycles. The zero-order valence-electron chi connectivity index (χ0n) is 19.5. The average molecular weight is 492 g/mol. The van der Waals surface area contributed by atoms with E-state index in [9.17, 15) is 13.2 Å². The minimum atomic E-state index is -3.54. The van der Waals surface area contributed by atoms with E-state index in [0.717, 1.165) is 49.5 Å². The summed E-state index contributed by atoms with van der Waals surface area (Å²) >= 11 is 1.38. The lowest BCUT2D eigenvalue weighted by Gasteiger charge is -2.30. The number of nitrogens with one attached hydrogen (secondary N) is 1. The summed E-state index contributed by atoms with van der Waals surface area (Å²) in [6.07, 6.45) is 7.40. The molecule has 1 amide bonds. The van der Waals surface area contributed by atoms with Crippen molar-refractivity contribution in [3.8, 4) is 0 Å². The summed E-state index contributed by atoms with van der Waals surface area (Å²) in [5.74, 6) is 1.31. The summed E-state index contributed by atoms with van der Waals surface area (Å²) < 4.78 is 29.7. The number of rotatable bonds is 9. The molecular weight excluding hydrogens is 458 g/mol. The van der Waals surface area contributed by atoms with Crippen molar-refractivity contribution < 1.29 is 13.2 Å². The minimum absolute atomic E-state index is 0.0639. The van der Waals surface area contributed by atoms with E-state index in [0.29, 0.717) is 11.7 Å². The van der Waals surface area contributed by atoms with Gasteiger partial charge in [-0.3, -0.25) is 4.79 Å². The molecule has 1 heterocycles. The number of anilines is 1. The largest absolute Gasteiger partial charge is 0.325 e. The zero-order valence-corrected chi connectivity index (χ0v) is 21.2. The summed E-state index contributed by atoms with van der Waals surface area (Å²) in [6.45, 7) is 4.20. The molecule has 1 N–H and O–H groups in total. The zero-order chi connectivity index (χ0) is 23.6. The molecule has 0 unspecified atom stereocenters. The van der Waals surface area contributed by atoms with Crippen LogP contribution in [0, 0.1) is 0 Å². The number of amides is 1. The second-order valence-electron chi connectivity index (χ2n) is 9.27. The third-order valence-corrected chi connectivity index (χ3v) is 9.22. The molecular formula is C23H33N5O3S2. The molecule has 10 heteroatoms. The summed E-state index contributed by atoms with van der Waals surface area (Å²) in [4.78, 5) is 12.8. The molecule has 0 aliphatic heterocycles. The van der Waals surface area contributed by atoms with Crippen molar-refractivity contribution in [1.29, 1.82) is 0 Å². The summed E-state index contributed by atoms with van der Waals surface area (Å²) in [7, 11) is -1.87. The van der Waals surface area contributed by atoms with Crippen molar-refractivity contribution in [2.24, 2.45) is 0 Å². The van der Waals surface area contributed by atoms with Crippen molar-refractivity contribution in [2.75, 3.05) is 18.1 Å². The van der Waals surface area contributed by atoms with Crippen LogP contribution in [0.25, 0.3) is 0 Å². The van der Waals surface area contributed by atoms with Crippen molar-refractivity contribution in [1.82, 2.24) is 19.1 Å². The van der Waals surface area contributed by atoms with E-state index in [-0.39, 0.29) is 28.5 Å². The van der Waals surface area contributed by atoms with Gasteiger partial charge >= 0.3 is 0 Å². The summed E-state index contributed by atoms with van der Waals surface area (Å²) in [6, 6.07) is 6.94. The maximum absolute atomic E-state index is 13.0. The normalized spacial score (nSPS) is 17.6. The van der Waals surface area contributed by atoms with Gasteiger partial charge in [0.25, 0.3) is 0 Å². The van der Waals surface area contributed by atoms with Crippen LogP contribution < -0.4 is 5.32 Å². The summed E-state index contributed by atoms with van der Waals surface area (Å²) in [5.41, 5.74) is 0.575. The number of thioether (sulfide) groups is 1. The molecule has 4 rings (SSSR count). The highest BCUT2D eigenvalue weighted by Gasteiger charge is 2.31. The molecule has 2 saturated carbocycles. The Hall–Kier alpha value is -1.91. The fraction of sp³-hybridized carbons (Fsp3) is 0.609. The number of hydrogen-bond donors (Lipinski definition) is 1. The predicted octanol–water partition coefficient (Wildman–Crippen LogP) is 4.42. The van der Waals surface area contributed by atoms with Crippen LogP contribution in [0.1, 0.15) is 76.6 Å². The molecule has 0 saturated heterocycles. The van der Waals surface area contributed by atoms with Gasteiger partial charge in [-0.1, -0.05) is 44.9 Å². The van der Waals surface area contributed by atoms with Gasteiger partial charge in [0.05, 0.1) is 10.6 Å². The van der Waals surface area contributed by atoms with E-state index in [1.807, 2.05) is 0 Å². The van der Waals surface area contributed by atoms with Crippen molar-refractivity contribution >= 4 is 33.4 Å². The predicted molar refractivity (Wildman–Crippen MR) is 130 cm³/mol. The molecule has 180 valence electrons. The lowest BCUT2D eigenvalue weighted by atomic mass is 9.96. The maximum atomic E-state index is 13.0. The van der Waals surface area contributed by atoms with Crippen molar-refractivity contribution in [2.45, 2.75) is 86.8 Å². The lowest BCUT2D eigenvalue weighted by molar-refractivity contribution is -0.113. The van der Waals surface area contributed by atoms with Crippen LogP contribution in [0.5, 0.6) is 0 Å². The molecule has 2 aliphatic rings. The fourth-order valence-electron chi connectivity index (χ4n) is 4.30. The highest BCUT2D eigenvalue weighted by molar-refractivity contribution is 7.99. The Balaban J connectivity index is 1.35. The molecule has 2 aromatic rings. The van der Waals surface area contributed by atoms with Gasteiger partial charge in [0.2, 0.25) is 15.9 Å². The SMILES string of the molecule is CC(C)c1nnc(SCC(=O)Nc2ccc(S(=O)(=O)N(C)C3CCCCC3)cc2)n1C1CC1. The first-order chi connectivity index (χ1) is 15.8. The molecule has 2 aliphatic carbocycles. The van der Waals surface area contributed by atoms with Gasteiger partial charge in [0.15, 0.2) is 5.16 Å². The second kappa shape index (κ2) is 10.1. The standard InChI is InChI=1S/C23H33N5O3S2/c1-16(2)22-25-26-23(28(22)19-11-12-19)32-15-21(29)24-17-9-13-20(14-10-17)33(30,31)27(3)18-7-5-4-6-8-18/h9-10,13-14,16,18-19H,4-8,11-12,15H2,1-3H3,(H,24,29). The monoisotopic (exact) mass is 491 g/mol. The van der Waals surface area contributed by atoms with Gasteiger partial charge in [-0.05, 0) is 49.9 Å². The fourth-order valence-corrected chi connectivity index (χ4v) is 6.53. The van der Waals surface area contributed by atoms with Crippen molar-refractivity contribution in [3.63, 3.8) is 0 Å². The molecule has 33 heavy (non-hydrogen) atoms. The van der Waals surface area contributed by atoms with Gasteiger partial charge in [-0.2, -0.15) is 4.31 Å². The van der Waals surface area contributed by atoms with E-state index >= 15 is 0 Å². The Kier molecular flexibility index (Phi) is 7.45. The Morgan fingerprint density at radius 3 is 2.39 bits per heavy atom. The van der Waals surface area contributed by atoms with E-state index in [4.69, 9.17) is 0 Å². The number of hydrogen-bond acceptors (Lipinski definition) is 6. The Bertz CT molecular complexity index is 1070. The first kappa shape index (κ1) is 24.2. The number of aromatic nitrogens is 3. The first-order valence-electron chi connectivity index (χ1n) is 11.7. The van der Waals surface area contributed by atoms with Crippen LogP contribution in [0.2, 0.25) is 0 Å². The number of carbonyl (C=O) groups excluding carboxylic acids is 1. The third kappa shape index (κ3) is 5.60. The van der Waals surface area contributed by atoms with Crippen LogP contribution >= 0.6 is 11.8 Å².